The van der Waals surface area contributed by atoms with Crippen molar-refractivity contribution in [1.82, 2.24) is 15.0 Å². The molecule has 0 bridgehead atoms. The molecule has 1 heterocycles. The number of anilines is 1. The second kappa shape index (κ2) is 3.61. The summed E-state index contributed by atoms with van der Waals surface area (Å²) >= 11 is 0. The van der Waals surface area contributed by atoms with Crippen LogP contribution in [0.5, 0.6) is 5.75 Å². The number of phenolic OH excluding ortho intramolecular Hbond substituents is 1. The summed E-state index contributed by atoms with van der Waals surface area (Å²) in [5, 5.41) is 17.1. The fourth-order valence-electron chi connectivity index (χ4n) is 1.50. The van der Waals surface area contributed by atoms with Crippen LogP contribution in [0, 0.1) is 0 Å². The van der Waals surface area contributed by atoms with Crippen molar-refractivity contribution in [1.29, 1.82) is 0 Å². The molecule has 0 saturated heterocycles. The van der Waals surface area contributed by atoms with Crippen LogP contribution in [0.1, 0.15) is 6.92 Å². The Balaban J connectivity index is 2.57. The maximum atomic E-state index is 9.38. The smallest absolute Gasteiger partial charge is 0.174 e. The Morgan fingerprint density at radius 2 is 2.27 bits per heavy atom. The predicted octanol–water partition coefficient (Wildman–Crippen LogP) is 1.25. The molecule has 0 saturated carbocycles. The molecule has 3 N–H and O–H groups in total. The Hall–Kier alpha value is -2.04. The number of nitrogen functional groups attached to an aromatic ring is 1. The van der Waals surface area contributed by atoms with Gasteiger partial charge in [0.05, 0.1) is 0 Å². The van der Waals surface area contributed by atoms with Crippen LogP contribution in [0.3, 0.4) is 0 Å². The Labute approximate surface area is 87.1 Å². The molecule has 0 aliphatic carbocycles. The largest absolute Gasteiger partial charge is 0.508 e. The SMILES string of the molecule is CCn1nnc(N)c1-c1cccc(O)c1. The van der Waals surface area contributed by atoms with E-state index in [9.17, 15) is 5.11 Å². The van der Waals surface area contributed by atoms with Crippen LogP contribution in [0.25, 0.3) is 11.3 Å². The lowest BCUT2D eigenvalue weighted by molar-refractivity contribution is 0.475. The van der Waals surface area contributed by atoms with Crippen molar-refractivity contribution in [3.63, 3.8) is 0 Å². The van der Waals surface area contributed by atoms with Gasteiger partial charge in [-0.15, -0.1) is 5.10 Å². The van der Waals surface area contributed by atoms with Crippen LogP contribution in [0.4, 0.5) is 5.82 Å². The zero-order valence-corrected chi connectivity index (χ0v) is 8.38. The van der Waals surface area contributed by atoms with Crippen LogP contribution in [-0.4, -0.2) is 20.1 Å². The lowest BCUT2D eigenvalue weighted by Gasteiger charge is -2.04. The molecule has 0 fully saturated rings. The highest BCUT2D eigenvalue weighted by molar-refractivity contribution is 5.70. The van der Waals surface area contributed by atoms with Gasteiger partial charge in [-0.05, 0) is 19.1 Å². The zero-order chi connectivity index (χ0) is 10.8. The summed E-state index contributed by atoms with van der Waals surface area (Å²) in [5.41, 5.74) is 7.29. The van der Waals surface area contributed by atoms with E-state index in [-0.39, 0.29) is 5.75 Å². The highest BCUT2D eigenvalue weighted by Crippen LogP contribution is 2.26. The minimum Gasteiger partial charge on any atom is -0.508 e. The Bertz CT molecular complexity index is 478. The summed E-state index contributed by atoms with van der Waals surface area (Å²) in [6.45, 7) is 2.65. The third kappa shape index (κ3) is 1.63. The van der Waals surface area contributed by atoms with E-state index < -0.39 is 0 Å². The molecule has 2 rings (SSSR count). The fourth-order valence-corrected chi connectivity index (χ4v) is 1.50. The highest BCUT2D eigenvalue weighted by Gasteiger charge is 2.11. The van der Waals surface area contributed by atoms with Gasteiger partial charge in [0, 0.05) is 12.1 Å². The van der Waals surface area contributed by atoms with Crippen LogP contribution in [0.2, 0.25) is 0 Å². The average Bonchev–Trinajstić information content (AvgIpc) is 2.59. The lowest BCUT2D eigenvalue weighted by Crippen LogP contribution is -2.00. The Morgan fingerprint density at radius 3 is 2.93 bits per heavy atom. The van der Waals surface area contributed by atoms with E-state index in [0.29, 0.717) is 12.4 Å². The van der Waals surface area contributed by atoms with Gasteiger partial charge in [-0.1, -0.05) is 17.3 Å². The maximum absolute atomic E-state index is 9.38. The van der Waals surface area contributed by atoms with E-state index >= 15 is 0 Å². The van der Waals surface area contributed by atoms with Gasteiger partial charge in [0.25, 0.3) is 0 Å². The molecule has 1 aromatic heterocycles. The molecule has 0 amide bonds. The number of hydrogen-bond donors (Lipinski definition) is 2. The van der Waals surface area contributed by atoms with E-state index in [1.165, 1.54) is 0 Å². The summed E-state index contributed by atoms with van der Waals surface area (Å²) in [4.78, 5) is 0. The van der Waals surface area contributed by atoms with Crippen LogP contribution in [0.15, 0.2) is 24.3 Å². The van der Waals surface area contributed by atoms with Crippen molar-refractivity contribution < 1.29 is 5.11 Å². The number of phenols is 1. The first-order valence-electron chi connectivity index (χ1n) is 4.70. The van der Waals surface area contributed by atoms with Gasteiger partial charge in [0.2, 0.25) is 0 Å². The number of aromatic hydroxyl groups is 1. The molecule has 78 valence electrons. The Morgan fingerprint density at radius 1 is 1.47 bits per heavy atom. The summed E-state index contributed by atoms with van der Waals surface area (Å²) in [5.74, 6) is 0.582. The molecule has 5 heteroatoms. The van der Waals surface area contributed by atoms with Gasteiger partial charge in [-0.25, -0.2) is 4.68 Å². The molecule has 15 heavy (non-hydrogen) atoms. The molecule has 0 aliphatic rings. The summed E-state index contributed by atoms with van der Waals surface area (Å²) in [6, 6.07) is 6.87. The van der Waals surface area contributed by atoms with E-state index in [1.54, 1.807) is 22.9 Å². The second-order valence-electron chi connectivity index (χ2n) is 3.19. The first-order chi connectivity index (χ1) is 7.22. The third-order valence-corrected chi connectivity index (χ3v) is 2.18. The lowest BCUT2D eigenvalue weighted by atomic mass is 10.1. The first kappa shape index (κ1) is 9.51. The number of aromatic nitrogens is 3. The van der Waals surface area contributed by atoms with Crippen LogP contribution in [-0.2, 0) is 6.54 Å². The number of hydrogen-bond acceptors (Lipinski definition) is 4. The van der Waals surface area contributed by atoms with Crippen molar-refractivity contribution in [2.24, 2.45) is 0 Å². The van der Waals surface area contributed by atoms with Crippen molar-refractivity contribution in [2.45, 2.75) is 13.5 Å². The molecule has 0 unspecified atom stereocenters. The molecule has 2 aromatic rings. The normalized spacial score (nSPS) is 10.5. The van der Waals surface area contributed by atoms with Gasteiger partial charge in [0.15, 0.2) is 5.82 Å². The number of aryl methyl sites for hydroxylation is 1. The van der Waals surface area contributed by atoms with E-state index in [2.05, 4.69) is 10.3 Å². The maximum Gasteiger partial charge on any atom is 0.174 e. The van der Waals surface area contributed by atoms with E-state index in [1.807, 2.05) is 13.0 Å². The predicted molar refractivity (Wildman–Crippen MR) is 57.2 cm³/mol. The second-order valence-corrected chi connectivity index (χ2v) is 3.19. The molecule has 0 spiro atoms. The first-order valence-corrected chi connectivity index (χ1v) is 4.70. The fraction of sp³-hybridized carbons (Fsp3) is 0.200. The average molecular weight is 204 g/mol. The zero-order valence-electron chi connectivity index (χ0n) is 8.38. The molecule has 1 aromatic carbocycles. The van der Waals surface area contributed by atoms with Crippen molar-refractivity contribution in [3.8, 4) is 17.0 Å². The van der Waals surface area contributed by atoms with Gasteiger partial charge in [0.1, 0.15) is 11.4 Å². The van der Waals surface area contributed by atoms with Gasteiger partial charge >= 0.3 is 0 Å². The summed E-state index contributed by atoms with van der Waals surface area (Å²) in [7, 11) is 0. The number of nitrogens with zero attached hydrogens (tertiary/aromatic N) is 3. The van der Waals surface area contributed by atoms with Crippen molar-refractivity contribution in [3.05, 3.63) is 24.3 Å². The quantitative estimate of drug-likeness (QED) is 0.771. The van der Waals surface area contributed by atoms with Crippen LogP contribution < -0.4 is 5.73 Å². The number of rotatable bonds is 2. The minimum absolute atomic E-state index is 0.204. The van der Waals surface area contributed by atoms with Crippen LogP contribution >= 0.6 is 0 Å². The van der Waals surface area contributed by atoms with Gasteiger partial charge in [-0.3, -0.25) is 0 Å². The molecular formula is C10H12N4O. The number of benzene rings is 1. The third-order valence-electron chi connectivity index (χ3n) is 2.18. The van der Waals surface area contributed by atoms with E-state index in [4.69, 9.17) is 5.73 Å². The number of nitrogens with two attached hydrogens (primary N) is 1. The molecule has 5 nitrogen and oxygen atoms in total. The van der Waals surface area contributed by atoms with Gasteiger partial charge in [-0.2, -0.15) is 0 Å². The highest BCUT2D eigenvalue weighted by atomic mass is 16.3. The monoisotopic (exact) mass is 204 g/mol. The summed E-state index contributed by atoms with van der Waals surface area (Å²) < 4.78 is 1.70. The van der Waals surface area contributed by atoms with Crippen molar-refractivity contribution in [2.75, 3.05) is 5.73 Å². The molecule has 0 radical (unpaired) electrons. The molecule has 0 aliphatic heterocycles. The van der Waals surface area contributed by atoms with E-state index in [0.717, 1.165) is 11.3 Å². The molecule has 0 atom stereocenters. The molecular weight excluding hydrogens is 192 g/mol. The standard InChI is InChI=1S/C10H12N4O/c1-2-14-9(10(11)12-13-14)7-4-3-5-8(15)6-7/h3-6,15H,2,11H2,1H3. The topological polar surface area (TPSA) is 77.0 Å². The minimum atomic E-state index is 0.204. The summed E-state index contributed by atoms with van der Waals surface area (Å²) in [6.07, 6.45) is 0. The Kier molecular flexibility index (Phi) is 2.29. The van der Waals surface area contributed by atoms with Crippen molar-refractivity contribution >= 4 is 5.82 Å². The van der Waals surface area contributed by atoms with Gasteiger partial charge < -0.3 is 10.8 Å².